The molecule has 1 aliphatic heterocycles. The fourth-order valence-electron chi connectivity index (χ4n) is 2.35. The zero-order valence-corrected chi connectivity index (χ0v) is 12.4. The number of benzene rings is 1. The summed E-state index contributed by atoms with van der Waals surface area (Å²) in [6.07, 6.45) is 3.56. The molecule has 0 spiro atoms. The number of ketones is 1. The molecule has 0 fully saturated rings. The first kappa shape index (κ1) is 13.1. The van der Waals surface area contributed by atoms with Crippen LogP contribution in [0.3, 0.4) is 0 Å². The summed E-state index contributed by atoms with van der Waals surface area (Å²) in [7, 11) is 0. The van der Waals surface area contributed by atoms with Crippen LogP contribution in [0.2, 0.25) is 0 Å². The molecule has 0 saturated heterocycles. The number of Topliss-reactive ketones (excluding diaryl/α,β-unsaturated/α-hetero) is 1. The van der Waals surface area contributed by atoms with Gasteiger partial charge in [-0.1, -0.05) is 15.9 Å². The van der Waals surface area contributed by atoms with E-state index in [1.165, 1.54) is 4.90 Å². The van der Waals surface area contributed by atoms with Crippen LogP contribution in [-0.4, -0.2) is 21.2 Å². The maximum Gasteiger partial charge on any atom is 0.299 e. The molecule has 0 unspecified atom stereocenters. The molecule has 0 atom stereocenters. The Bertz CT molecular complexity index is 708. The number of carbonyl (C=O) groups is 2. The molecule has 2 aromatic rings. The number of fused-ring (bicyclic) bond motifs is 1. The number of aryl methyl sites for hydroxylation is 1. The number of amides is 1. The largest absolute Gasteiger partial charge is 0.334 e. The SMILES string of the molecule is CCn1ccnc1CN1C(=O)C(=O)c2cc(Br)ccc21. The van der Waals surface area contributed by atoms with E-state index in [9.17, 15) is 9.59 Å². The molecule has 102 valence electrons. The quantitative estimate of drug-likeness (QED) is 0.810. The lowest BCUT2D eigenvalue weighted by Gasteiger charge is -2.16. The van der Waals surface area contributed by atoms with Crippen LogP contribution < -0.4 is 4.90 Å². The van der Waals surface area contributed by atoms with Crippen molar-refractivity contribution in [3.05, 3.63) is 46.5 Å². The van der Waals surface area contributed by atoms with Crippen LogP contribution in [0.1, 0.15) is 23.1 Å². The van der Waals surface area contributed by atoms with E-state index in [2.05, 4.69) is 20.9 Å². The van der Waals surface area contributed by atoms with Crippen molar-refractivity contribution in [2.45, 2.75) is 20.0 Å². The summed E-state index contributed by atoms with van der Waals surface area (Å²) in [5.74, 6) is -0.191. The van der Waals surface area contributed by atoms with Gasteiger partial charge in [-0.15, -0.1) is 0 Å². The maximum absolute atomic E-state index is 12.1. The molecular formula is C14H12BrN3O2. The third-order valence-electron chi connectivity index (χ3n) is 3.38. The molecule has 0 bridgehead atoms. The summed E-state index contributed by atoms with van der Waals surface area (Å²) >= 11 is 3.32. The van der Waals surface area contributed by atoms with Crippen molar-refractivity contribution in [3.63, 3.8) is 0 Å². The second-order valence-corrected chi connectivity index (χ2v) is 5.43. The zero-order chi connectivity index (χ0) is 14.3. The van der Waals surface area contributed by atoms with Gasteiger partial charge in [-0.3, -0.25) is 14.5 Å². The highest BCUT2D eigenvalue weighted by Crippen LogP contribution is 2.32. The lowest BCUT2D eigenvalue weighted by molar-refractivity contribution is -0.114. The maximum atomic E-state index is 12.1. The van der Waals surface area contributed by atoms with Crippen molar-refractivity contribution in [3.8, 4) is 0 Å². The fourth-order valence-corrected chi connectivity index (χ4v) is 2.71. The normalized spacial score (nSPS) is 14.0. The number of rotatable bonds is 3. The molecule has 20 heavy (non-hydrogen) atoms. The molecule has 3 rings (SSSR count). The predicted octanol–water partition coefficient (Wildman–Crippen LogP) is 2.40. The molecule has 0 aliphatic carbocycles. The number of anilines is 1. The second-order valence-electron chi connectivity index (χ2n) is 4.51. The van der Waals surface area contributed by atoms with E-state index in [4.69, 9.17) is 0 Å². The van der Waals surface area contributed by atoms with E-state index in [-0.39, 0.29) is 0 Å². The minimum absolute atomic E-state index is 0.306. The van der Waals surface area contributed by atoms with Gasteiger partial charge in [-0.25, -0.2) is 4.98 Å². The highest BCUT2D eigenvalue weighted by molar-refractivity contribution is 9.10. The lowest BCUT2D eigenvalue weighted by atomic mass is 10.1. The number of hydrogen-bond acceptors (Lipinski definition) is 3. The van der Waals surface area contributed by atoms with Gasteiger partial charge in [0.1, 0.15) is 5.82 Å². The Hall–Kier alpha value is -1.95. The van der Waals surface area contributed by atoms with Crippen LogP contribution in [0.15, 0.2) is 35.1 Å². The summed E-state index contributed by atoms with van der Waals surface area (Å²) in [6.45, 7) is 3.09. The number of aromatic nitrogens is 2. The van der Waals surface area contributed by atoms with E-state index in [0.29, 0.717) is 17.8 Å². The smallest absolute Gasteiger partial charge is 0.299 e. The van der Waals surface area contributed by atoms with Gasteiger partial charge < -0.3 is 4.57 Å². The third kappa shape index (κ3) is 1.96. The van der Waals surface area contributed by atoms with Gasteiger partial charge >= 0.3 is 0 Å². The van der Waals surface area contributed by atoms with Crippen LogP contribution in [0.4, 0.5) is 5.69 Å². The minimum atomic E-state index is -0.497. The van der Waals surface area contributed by atoms with Gasteiger partial charge in [-0.05, 0) is 25.1 Å². The fraction of sp³-hybridized carbons (Fsp3) is 0.214. The minimum Gasteiger partial charge on any atom is -0.334 e. The summed E-state index contributed by atoms with van der Waals surface area (Å²) in [5, 5.41) is 0. The molecule has 2 heterocycles. The summed E-state index contributed by atoms with van der Waals surface area (Å²) in [6, 6.07) is 5.29. The molecular weight excluding hydrogens is 322 g/mol. The topological polar surface area (TPSA) is 55.2 Å². The van der Waals surface area contributed by atoms with E-state index in [1.807, 2.05) is 23.8 Å². The first-order valence-corrected chi connectivity index (χ1v) is 7.07. The second kappa shape index (κ2) is 4.86. The first-order chi connectivity index (χ1) is 9.61. The highest BCUT2D eigenvalue weighted by Gasteiger charge is 2.36. The van der Waals surface area contributed by atoms with Gasteiger partial charge in [0.25, 0.3) is 11.7 Å². The summed E-state index contributed by atoms with van der Waals surface area (Å²) in [4.78, 5) is 29.9. The molecule has 1 amide bonds. The average molecular weight is 334 g/mol. The average Bonchev–Trinajstić information content (AvgIpc) is 2.98. The Morgan fingerprint density at radius 2 is 2.10 bits per heavy atom. The van der Waals surface area contributed by atoms with Crippen LogP contribution in [0, 0.1) is 0 Å². The van der Waals surface area contributed by atoms with E-state index >= 15 is 0 Å². The Balaban J connectivity index is 1.99. The van der Waals surface area contributed by atoms with E-state index < -0.39 is 11.7 Å². The number of carbonyl (C=O) groups excluding carboxylic acids is 2. The van der Waals surface area contributed by atoms with Crippen molar-refractivity contribution in [2.24, 2.45) is 0 Å². The number of nitrogens with zero attached hydrogens (tertiary/aromatic N) is 3. The van der Waals surface area contributed by atoms with Crippen molar-refractivity contribution < 1.29 is 9.59 Å². The highest BCUT2D eigenvalue weighted by atomic mass is 79.9. The molecule has 6 heteroatoms. The number of imidazole rings is 1. The molecule has 0 radical (unpaired) electrons. The van der Waals surface area contributed by atoms with Crippen molar-refractivity contribution >= 4 is 33.3 Å². The van der Waals surface area contributed by atoms with Gasteiger partial charge in [0.2, 0.25) is 0 Å². The molecule has 5 nitrogen and oxygen atoms in total. The van der Waals surface area contributed by atoms with Crippen molar-refractivity contribution in [1.29, 1.82) is 0 Å². The number of halogens is 1. The molecule has 1 aromatic carbocycles. The van der Waals surface area contributed by atoms with E-state index in [0.717, 1.165) is 16.8 Å². The third-order valence-corrected chi connectivity index (χ3v) is 3.87. The Morgan fingerprint density at radius 3 is 2.85 bits per heavy atom. The van der Waals surface area contributed by atoms with Gasteiger partial charge in [0.05, 0.1) is 17.8 Å². The predicted molar refractivity (Wildman–Crippen MR) is 77.6 cm³/mol. The van der Waals surface area contributed by atoms with Crippen LogP contribution in [0.25, 0.3) is 0 Å². The van der Waals surface area contributed by atoms with Gasteiger partial charge in [0, 0.05) is 23.4 Å². The van der Waals surface area contributed by atoms with Crippen molar-refractivity contribution in [2.75, 3.05) is 4.90 Å². The summed E-state index contributed by atoms with van der Waals surface area (Å²) in [5.41, 5.74) is 1.09. The standard InChI is InChI=1S/C14H12BrN3O2/c1-2-17-6-5-16-12(17)8-18-11-4-3-9(15)7-10(11)13(19)14(18)20/h3-7H,2,8H2,1H3. The van der Waals surface area contributed by atoms with Crippen LogP contribution in [0.5, 0.6) is 0 Å². The molecule has 0 N–H and O–H groups in total. The molecule has 1 aliphatic rings. The zero-order valence-electron chi connectivity index (χ0n) is 10.8. The van der Waals surface area contributed by atoms with Gasteiger partial charge in [-0.2, -0.15) is 0 Å². The molecule has 1 aromatic heterocycles. The Morgan fingerprint density at radius 1 is 1.30 bits per heavy atom. The van der Waals surface area contributed by atoms with E-state index in [1.54, 1.807) is 18.3 Å². The Labute approximate surface area is 124 Å². The van der Waals surface area contributed by atoms with Crippen LogP contribution >= 0.6 is 15.9 Å². The summed E-state index contributed by atoms with van der Waals surface area (Å²) < 4.78 is 2.74. The monoisotopic (exact) mass is 333 g/mol. The molecule has 0 saturated carbocycles. The van der Waals surface area contributed by atoms with Gasteiger partial charge in [0.15, 0.2) is 0 Å². The van der Waals surface area contributed by atoms with Crippen molar-refractivity contribution in [1.82, 2.24) is 9.55 Å². The Kier molecular flexibility index (Phi) is 3.17. The number of hydrogen-bond donors (Lipinski definition) is 0. The first-order valence-electron chi connectivity index (χ1n) is 6.27. The van der Waals surface area contributed by atoms with Crippen LogP contribution in [-0.2, 0) is 17.9 Å². The lowest BCUT2D eigenvalue weighted by Crippen LogP contribution is -2.30.